The second-order valence-corrected chi connectivity index (χ2v) is 5.14. The van der Waals surface area contributed by atoms with Gasteiger partial charge in [-0.25, -0.2) is 5.10 Å². The first-order valence-corrected chi connectivity index (χ1v) is 7.13. The fraction of sp³-hybridized carbons (Fsp3) is 0.357. The molecular weight excluding hydrogens is 298 g/mol. The third kappa shape index (κ3) is 3.12. The SMILES string of the molecule is CC1CN(c2cccc(NC(=O)c3nnn[nH]3)c2C#N)CCO1. The van der Waals surface area contributed by atoms with Gasteiger partial charge in [0.25, 0.3) is 5.91 Å². The van der Waals surface area contributed by atoms with Crippen LogP contribution in [0.1, 0.15) is 23.1 Å². The first-order valence-electron chi connectivity index (χ1n) is 7.13. The number of aromatic nitrogens is 4. The minimum atomic E-state index is -0.501. The van der Waals surface area contributed by atoms with Gasteiger partial charge in [0.15, 0.2) is 0 Å². The van der Waals surface area contributed by atoms with Gasteiger partial charge in [0.1, 0.15) is 6.07 Å². The van der Waals surface area contributed by atoms with Crippen molar-refractivity contribution in [1.82, 2.24) is 20.6 Å². The van der Waals surface area contributed by atoms with Crippen molar-refractivity contribution in [2.24, 2.45) is 0 Å². The van der Waals surface area contributed by atoms with Gasteiger partial charge in [-0.1, -0.05) is 6.07 Å². The minimum absolute atomic E-state index is 0.0145. The molecule has 1 aromatic heterocycles. The van der Waals surface area contributed by atoms with E-state index in [-0.39, 0.29) is 11.9 Å². The van der Waals surface area contributed by atoms with Crippen LogP contribution < -0.4 is 10.2 Å². The molecule has 1 amide bonds. The number of benzene rings is 1. The zero-order valence-electron chi connectivity index (χ0n) is 12.5. The summed E-state index contributed by atoms with van der Waals surface area (Å²) >= 11 is 0. The maximum Gasteiger partial charge on any atom is 0.294 e. The van der Waals surface area contributed by atoms with Gasteiger partial charge in [0.05, 0.1) is 29.6 Å². The Morgan fingerprint density at radius 3 is 3.13 bits per heavy atom. The van der Waals surface area contributed by atoms with Crippen molar-refractivity contribution in [3.8, 4) is 6.07 Å². The molecule has 1 unspecified atom stereocenters. The third-order valence-electron chi connectivity index (χ3n) is 3.54. The minimum Gasteiger partial charge on any atom is -0.375 e. The summed E-state index contributed by atoms with van der Waals surface area (Å²) in [4.78, 5) is 14.1. The van der Waals surface area contributed by atoms with Crippen molar-refractivity contribution >= 4 is 17.3 Å². The van der Waals surface area contributed by atoms with E-state index < -0.39 is 5.91 Å². The zero-order valence-corrected chi connectivity index (χ0v) is 12.5. The number of carbonyl (C=O) groups is 1. The van der Waals surface area contributed by atoms with E-state index in [4.69, 9.17) is 4.74 Å². The lowest BCUT2D eigenvalue weighted by molar-refractivity contribution is 0.0532. The van der Waals surface area contributed by atoms with Crippen LogP contribution in [-0.2, 0) is 4.74 Å². The van der Waals surface area contributed by atoms with Crippen molar-refractivity contribution in [3.63, 3.8) is 0 Å². The fourth-order valence-corrected chi connectivity index (χ4v) is 2.50. The predicted molar refractivity (Wildman–Crippen MR) is 80.9 cm³/mol. The molecule has 118 valence electrons. The number of amides is 1. The molecule has 0 bridgehead atoms. The highest BCUT2D eigenvalue weighted by Gasteiger charge is 2.22. The first-order chi connectivity index (χ1) is 11.2. The Hall–Kier alpha value is -2.99. The number of nitriles is 1. The average molecular weight is 313 g/mol. The van der Waals surface area contributed by atoms with Crippen LogP contribution in [0.25, 0.3) is 0 Å². The molecule has 23 heavy (non-hydrogen) atoms. The molecule has 1 aliphatic heterocycles. The van der Waals surface area contributed by atoms with Crippen molar-refractivity contribution in [2.75, 3.05) is 29.9 Å². The molecule has 3 rings (SSSR count). The van der Waals surface area contributed by atoms with Crippen LogP contribution in [0.2, 0.25) is 0 Å². The number of nitrogens with one attached hydrogen (secondary N) is 2. The van der Waals surface area contributed by atoms with E-state index in [2.05, 4.69) is 36.9 Å². The highest BCUT2D eigenvalue weighted by molar-refractivity contribution is 6.02. The number of anilines is 2. The Bertz CT molecular complexity index is 738. The van der Waals surface area contributed by atoms with Gasteiger partial charge < -0.3 is 15.0 Å². The lowest BCUT2D eigenvalue weighted by Crippen LogP contribution is -2.41. The number of ether oxygens (including phenoxy) is 1. The Morgan fingerprint density at radius 1 is 1.57 bits per heavy atom. The van der Waals surface area contributed by atoms with Gasteiger partial charge in [0.2, 0.25) is 5.82 Å². The number of carbonyl (C=O) groups excluding carboxylic acids is 1. The van der Waals surface area contributed by atoms with Crippen LogP contribution in [-0.4, -0.2) is 52.3 Å². The van der Waals surface area contributed by atoms with E-state index in [1.807, 2.05) is 13.0 Å². The summed E-state index contributed by atoms with van der Waals surface area (Å²) in [6.07, 6.45) is 0.0915. The average Bonchev–Trinajstić information content (AvgIpc) is 3.09. The van der Waals surface area contributed by atoms with E-state index in [0.717, 1.165) is 5.69 Å². The number of aromatic amines is 1. The Labute approximate surface area is 132 Å². The van der Waals surface area contributed by atoms with Gasteiger partial charge in [-0.15, -0.1) is 5.10 Å². The van der Waals surface area contributed by atoms with Gasteiger partial charge >= 0.3 is 0 Å². The number of hydrogen-bond donors (Lipinski definition) is 2. The molecule has 1 atom stereocenters. The van der Waals surface area contributed by atoms with Crippen molar-refractivity contribution < 1.29 is 9.53 Å². The van der Waals surface area contributed by atoms with E-state index in [1.54, 1.807) is 12.1 Å². The van der Waals surface area contributed by atoms with E-state index >= 15 is 0 Å². The second-order valence-electron chi connectivity index (χ2n) is 5.14. The topological polar surface area (TPSA) is 120 Å². The Balaban J connectivity index is 1.88. The van der Waals surface area contributed by atoms with Gasteiger partial charge in [-0.3, -0.25) is 4.79 Å². The van der Waals surface area contributed by atoms with Gasteiger partial charge in [0, 0.05) is 13.1 Å². The van der Waals surface area contributed by atoms with Gasteiger partial charge in [-0.2, -0.15) is 5.26 Å². The first kappa shape index (κ1) is 14.9. The van der Waals surface area contributed by atoms with Crippen LogP contribution in [0, 0.1) is 11.3 Å². The molecule has 2 N–H and O–H groups in total. The summed E-state index contributed by atoms with van der Waals surface area (Å²) in [5, 5.41) is 24.8. The lowest BCUT2D eigenvalue weighted by atomic mass is 10.1. The maximum atomic E-state index is 12.1. The quantitative estimate of drug-likeness (QED) is 0.849. The van der Waals surface area contributed by atoms with Crippen LogP contribution in [0.4, 0.5) is 11.4 Å². The summed E-state index contributed by atoms with van der Waals surface area (Å²) in [7, 11) is 0. The molecule has 1 saturated heterocycles. The fourth-order valence-electron chi connectivity index (χ4n) is 2.50. The number of H-pyrrole nitrogens is 1. The highest BCUT2D eigenvalue weighted by atomic mass is 16.5. The largest absolute Gasteiger partial charge is 0.375 e. The standard InChI is InChI=1S/C14H15N7O2/c1-9-8-21(5-6-23-9)12-4-2-3-11(10(12)7-15)16-14(22)13-17-19-20-18-13/h2-4,9H,5-6,8H2,1H3,(H,16,22)(H,17,18,19,20). The van der Waals surface area contributed by atoms with Crippen LogP contribution in [0.15, 0.2) is 18.2 Å². The van der Waals surface area contributed by atoms with Crippen LogP contribution in [0.3, 0.4) is 0 Å². The molecule has 1 aliphatic rings. The van der Waals surface area contributed by atoms with Gasteiger partial charge in [-0.05, 0) is 29.5 Å². The van der Waals surface area contributed by atoms with Crippen LogP contribution in [0.5, 0.6) is 0 Å². The van der Waals surface area contributed by atoms with E-state index in [9.17, 15) is 10.1 Å². The monoisotopic (exact) mass is 313 g/mol. The van der Waals surface area contributed by atoms with Crippen LogP contribution >= 0.6 is 0 Å². The normalized spacial score (nSPS) is 17.6. The molecule has 1 fully saturated rings. The number of tetrazole rings is 1. The number of rotatable bonds is 3. The molecule has 0 aliphatic carbocycles. The lowest BCUT2D eigenvalue weighted by Gasteiger charge is -2.33. The number of nitrogens with zero attached hydrogens (tertiary/aromatic N) is 5. The summed E-state index contributed by atoms with van der Waals surface area (Å²) in [5.74, 6) is -0.515. The summed E-state index contributed by atoms with van der Waals surface area (Å²) in [5.41, 5.74) is 1.60. The summed E-state index contributed by atoms with van der Waals surface area (Å²) in [6.45, 7) is 3.98. The van der Waals surface area contributed by atoms with E-state index in [0.29, 0.717) is 30.9 Å². The highest BCUT2D eigenvalue weighted by Crippen LogP contribution is 2.28. The maximum absolute atomic E-state index is 12.1. The smallest absolute Gasteiger partial charge is 0.294 e. The summed E-state index contributed by atoms with van der Waals surface area (Å²) < 4.78 is 5.53. The Morgan fingerprint density at radius 2 is 2.43 bits per heavy atom. The third-order valence-corrected chi connectivity index (χ3v) is 3.54. The van der Waals surface area contributed by atoms with Crippen molar-refractivity contribution in [3.05, 3.63) is 29.6 Å². The predicted octanol–water partition coefficient (Wildman–Crippen LogP) is 0.549. The zero-order chi connectivity index (χ0) is 16.2. The molecule has 0 spiro atoms. The molecule has 0 saturated carbocycles. The van der Waals surface area contributed by atoms with Crippen molar-refractivity contribution in [2.45, 2.75) is 13.0 Å². The molecule has 9 nitrogen and oxygen atoms in total. The molecule has 0 radical (unpaired) electrons. The number of morpholine rings is 1. The molecular formula is C14H15N7O2. The van der Waals surface area contributed by atoms with Crippen molar-refractivity contribution in [1.29, 1.82) is 5.26 Å². The molecule has 2 heterocycles. The number of hydrogen-bond acceptors (Lipinski definition) is 7. The second kappa shape index (κ2) is 6.41. The molecule has 1 aromatic carbocycles. The van der Waals surface area contributed by atoms with E-state index in [1.165, 1.54) is 0 Å². The molecule has 2 aromatic rings. The molecule has 9 heteroatoms. The summed E-state index contributed by atoms with van der Waals surface area (Å²) in [6, 6.07) is 7.50. The Kier molecular flexibility index (Phi) is 4.16.